The van der Waals surface area contributed by atoms with Crippen molar-refractivity contribution in [3.05, 3.63) is 0 Å². The zero-order valence-electron chi connectivity index (χ0n) is 9.51. The van der Waals surface area contributed by atoms with Crippen LogP contribution in [0, 0.1) is 23.2 Å². The van der Waals surface area contributed by atoms with Crippen LogP contribution in [0.25, 0.3) is 0 Å². The predicted molar refractivity (Wildman–Crippen MR) is 61.9 cm³/mol. The normalized spacial score (nSPS) is 8.87. The molecule has 0 fully saturated rings. The van der Waals surface area contributed by atoms with Gasteiger partial charge < -0.3 is 16.1 Å². The molecular weight excluding hydrogens is 220 g/mol. The molecule has 0 radical (unpaired) electrons. The number of nitrogens with two attached hydrogens (primary N) is 2. The standard InChI is InChI=1S/C4H10N2O.C4H7N.ClH.H3NO/c1-3(2)4(5)6-7;1-4(2)3-5;;1-2/h3,7H,1-2H3,(H2,5,6);4H,1-2H3;1H;2H,1H2. The van der Waals surface area contributed by atoms with E-state index in [1.807, 2.05) is 33.8 Å². The third kappa shape index (κ3) is 32.1. The van der Waals surface area contributed by atoms with Crippen LogP contribution in [0.4, 0.5) is 0 Å². The number of amidine groups is 1. The van der Waals surface area contributed by atoms with Crippen molar-refractivity contribution < 1.29 is 10.4 Å². The molecule has 0 aromatic heterocycles. The van der Waals surface area contributed by atoms with Crippen LogP contribution in [0.15, 0.2) is 5.16 Å². The lowest BCUT2D eigenvalue weighted by Gasteiger charge is -1.96. The molecule has 0 saturated carbocycles. The monoisotopic (exact) mass is 240 g/mol. The minimum atomic E-state index is 0. The summed E-state index contributed by atoms with van der Waals surface area (Å²) in [5.74, 6) is 4.11. The number of nitrogens with zero attached hydrogens (tertiary/aromatic N) is 2. The SMILES string of the molecule is CC(C)/C(N)=N/O.CC(C)C#N.Cl.NO. The number of halogens is 1. The summed E-state index contributed by atoms with van der Waals surface area (Å²) in [6.45, 7) is 7.43. The molecule has 0 amide bonds. The highest BCUT2D eigenvalue weighted by atomic mass is 35.5. The summed E-state index contributed by atoms with van der Waals surface area (Å²) in [5.41, 5.74) is 5.12. The average Bonchev–Trinajstić information content (AvgIpc) is 2.20. The van der Waals surface area contributed by atoms with Gasteiger partial charge in [-0.15, -0.1) is 12.4 Å². The van der Waals surface area contributed by atoms with Crippen molar-refractivity contribution >= 4 is 18.2 Å². The minimum absolute atomic E-state index is 0. The molecule has 0 atom stereocenters. The fraction of sp³-hybridized carbons (Fsp3) is 0.750. The number of nitriles is 1. The lowest BCUT2D eigenvalue weighted by atomic mass is 10.2. The molecule has 0 spiro atoms. The highest BCUT2D eigenvalue weighted by Crippen LogP contribution is 1.88. The van der Waals surface area contributed by atoms with Gasteiger partial charge in [-0.3, -0.25) is 0 Å². The van der Waals surface area contributed by atoms with E-state index in [1.165, 1.54) is 0 Å². The summed E-state index contributed by atoms with van der Waals surface area (Å²) in [7, 11) is 0. The van der Waals surface area contributed by atoms with Gasteiger partial charge in [-0.25, -0.2) is 5.90 Å². The van der Waals surface area contributed by atoms with E-state index in [-0.39, 0.29) is 30.1 Å². The summed E-state index contributed by atoms with van der Waals surface area (Å²) in [6.07, 6.45) is 0. The Morgan fingerprint density at radius 2 is 1.53 bits per heavy atom. The molecule has 15 heavy (non-hydrogen) atoms. The first kappa shape index (κ1) is 23.6. The first-order valence-electron chi connectivity index (χ1n) is 4.08. The Bertz CT molecular complexity index is 178. The van der Waals surface area contributed by atoms with Crippen LogP contribution >= 0.6 is 12.4 Å². The quantitative estimate of drug-likeness (QED) is 0.238. The van der Waals surface area contributed by atoms with Gasteiger partial charge in [0.05, 0.1) is 6.07 Å². The van der Waals surface area contributed by atoms with E-state index < -0.39 is 0 Å². The van der Waals surface area contributed by atoms with Crippen LogP contribution in [-0.2, 0) is 0 Å². The van der Waals surface area contributed by atoms with Crippen molar-refractivity contribution in [2.75, 3.05) is 0 Å². The van der Waals surface area contributed by atoms with Gasteiger partial charge >= 0.3 is 0 Å². The molecule has 6 N–H and O–H groups in total. The second-order valence-corrected chi connectivity index (χ2v) is 2.96. The lowest BCUT2D eigenvalue weighted by Crippen LogP contribution is -2.18. The Morgan fingerprint density at radius 1 is 1.27 bits per heavy atom. The van der Waals surface area contributed by atoms with Crippen LogP contribution in [0.2, 0.25) is 0 Å². The van der Waals surface area contributed by atoms with E-state index in [4.69, 9.17) is 21.4 Å². The Morgan fingerprint density at radius 3 is 1.53 bits per heavy atom. The molecule has 0 rings (SSSR count). The Hall–Kier alpha value is -1.03. The van der Waals surface area contributed by atoms with Crippen LogP contribution in [0.1, 0.15) is 27.7 Å². The van der Waals surface area contributed by atoms with E-state index in [1.54, 1.807) is 0 Å². The predicted octanol–water partition coefficient (Wildman–Crippen LogP) is 1.31. The number of oxime groups is 1. The van der Waals surface area contributed by atoms with Gasteiger partial charge in [0.25, 0.3) is 0 Å². The highest BCUT2D eigenvalue weighted by molar-refractivity contribution is 5.85. The molecule has 0 bridgehead atoms. The zero-order chi connectivity index (χ0) is 12.1. The van der Waals surface area contributed by atoms with Crippen molar-refractivity contribution in [3.8, 4) is 6.07 Å². The molecule has 6 nitrogen and oxygen atoms in total. The number of rotatable bonds is 1. The zero-order valence-corrected chi connectivity index (χ0v) is 10.3. The summed E-state index contributed by atoms with van der Waals surface area (Å²) in [6, 6.07) is 2.03. The summed E-state index contributed by atoms with van der Waals surface area (Å²) in [4.78, 5) is 0. The van der Waals surface area contributed by atoms with Gasteiger partial charge in [0.1, 0.15) is 5.84 Å². The molecule has 0 aromatic rings. The minimum Gasteiger partial charge on any atom is -0.409 e. The fourth-order valence-electron chi connectivity index (χ4n) is 0.115. The van der Waals surface area contributed by atoms with Crippen LogP contribution < -0.4 is 11.6 Å². The van der Waals surface area contributed by atoms with Crippen LogP contribution in [0.5, 0.6) is 0 Å². The summed E-state index contributed by atoms with van der Waals surface area (Å²) in [5, 5.41) is 25.1. The lowest BCUT2D eigenvalue weighted by molar-refractivity contribution is 0.311. The molecule has 7 heteroatoms. The third-order valence-electron chi connectivity index (χ3n) is 0.965. The second-order valence-electron chi connectivity index (χ2n) is 2.96. The molecule has 0 saturated heterocycles. The van der Waals surface area contributed by atoms with Crippen LogP contribution in [0.3, 0.4) is 0 Å². The summed E-state index contributed by atoms with van der Waals surface area (Å²) >= 11 is 0. The number of hydrogen-bond acceptors (Lipinski definition) is 5. The molecule has 0 unspecified atom stereocenters. The van der Waals surface area contributed by atoms with E-state index >= 15 is 0 Å². The van der Waals surface area contributed by atoms with Gasteiger partial charge in [-0.2, -0.15) is 5.26 Å². The van der Waals surface area contributed by atoms with Gasteiger partial charge in [0.2, 0.25) is 0 Å². The van der Waals surface area contributed by atoms with Gasteiger partial charge in [0.15, 0.2) is 0 Å². The fourth-order valence-corrected chi connectivity index (χ4v) is 0.115. The maximum absolute atomic E-state index is 7.97. The first-order chi connectivity index (χ1) is 6.45. The third-order valence-corrected chi connectivity index (χ3v) is 0.965. The van der Waals surface area contributed by atoms with E-state index in [0.717, 1.165) is 0 Å². The Kier molecular flexibility index (Phi) is 29.5. The van der Waals surface area contributed by atoms with E-state index in [2.05, 4.69) is 11.1 Å². The maximum Gasteiger partial charge on any atom is 0.141 e. The van der Waals surface area contributed by atoms with Gasteiger partial charge in [-0.1, -0.05) is 19.0 Å². The van der Waals surface area contributed by atoms with Crippen molar-refractivity contribution in [1.82, 2.24) is 0 Å². The summed E-state index contributed by atoms with van der Waals surface area (Å²) < 4.78 is 0. The maximum atomic E-state index is 7.97. The molecule has 0 aliphatic heterocycles. The first-order valence-corrected chi connectivity index (χ1v) is 4.08. The van der Waals surface area contributed by atoms with Crippen molar-refractivity contribution in [3.63, 3.8) is 0 Å². The molecular formula is C8H21ClN4O2. The Balaban J connectivity index is -0.0000000675. The second kappa shape index (κ2) is 18.7. The van der Waals surface area contributed by atoms with E-state index in [0.29, 0.717) is 0 Å². The largest absolute Gasteiger partial charge is 0.409 e. The van der Waals surface area contributed by atoms with Gasteiger partial charge in [-0.05, 0) is 13.8 Å². The van der Waals surface area contributed by atoms with E-state index in [9.17, 15) is 0 Å². The van der Waals surface area contributed by atoms with Crippen LogP contribution in [-0.4, -0.2) is 16.3 Å². The topological polar surface area (TPSA) is 129 Å². The Labute approximate surface area is 96.9 Å². The molecule has 0 aliphatic rings. The molecule has 0 aliphatic carbocycles. The molecule has 0 heterocycles. The molecule has 0 aromatic carbocycles. The van der Waals surface area contributed by atoms with Gasteiger partial charge in [0, 0.05) is 11.8 Å². The number of hydrogen-bond donors (Lipinski definition) is 4. The van der Waals surface area contributed by atoms with Crippen molar-refractivity contribution in [2.45, 2.75) is 27.7 Å². The molecule has 92 valence electrons. The smallest absolute Gasteiger partial charge is 0.141 e. The van der Waals surface area contributed by atoms with Crippen molar-refractivity contribution in [1.29, 1.82) is 5.26 Å². The van der Waals surface area contributed by atoms with Crippen molar-refractivity contribution in [2.24, 2.45) is 28.6 Å². The highest BCUT2D eigenvalue weighted by Gasteiger charge is 1.95. The average molecular weight is 241 g/mol.